The lowest BCUT2D eigenvalue weighted by atomic mass is 10.1. The lowest BCUT2D eigenvalue weighted by Gasteiger charge is -1.99. The van der Waals surface area contributed by atoms with Gasteiger partial charge in [-0.25, -0.2) is 0 Å². The van der Waals surface area contributed by atoms with Gasteiger partial charge in [0.15, 0.2) is 0 Å². The van der Waals surface area contributed by atoms with E-state index < -0.39 is 0 Å². The van der Waals surface area contributed by atoms with Gasteiger partial charge >= 0.3 is 0 Å². The highest BCUT2D eigenvalue weighted by molar-refractivity contribution is 5.23. The summed E-state index contributed by atoms with van der Waals surface area (Å²) in [5, 5.41) is 2.28. The van der Waals surface area contributed by atoms with Crippen LogP contribution < -0.4 is 10.7 Å². The molecule has 0 atom stereocenters. The zero-order valence-corrected chi connectivity index (χ0v) is 8.17. The average molecular weight is 174 g/mol. The van der Waals surface area contributed by atoms with Crippen molar-refractivity contribution >= 4 is 0 Å². The van der Waals surface area contributed by atoms with Crippen LogP contribution in [-0.2, 0) is 12.8 Å². The zero-order chi connectivity index (χ0) is 9.26. The standard InChI is InChI=1S/C11H14N2/c1-3-8-5-6-9(4-2)11-10(8)12-7-13-11/h5-6H,3-4,7H2,1-2H3. The molecule has 0 saturated carbocycles. The molecule has 2 heteroatoms. The Morgan fingerprint density at radius 1 is 1.00 bits per heavy atom. The molecule has 68 valence electrons. The predicted molar refractivity (Wildman–Crippen MR) is 52.4 cm³/mol. The lowest BCUT2D eigenvalue weighted by Crippen LogP contribution is -2.29. The molecular formula is C11H14N2. The van der Waals surface area contributed by atoms with Gasteiger partial charge in [0.1, 0.15) is 6.67 Å². The van der Waals surface area contributed by atoms with Crippen LogP contribution in [0, 0.1) is 0 Å². The molecule has 1 aromatic carbocycles. The van der Waals surface area contributed by atoms with Gasteiger partial charge < -0.3 is 0 Å². The molecule has 0 bridgehead atoms. The van der Waals surface area contributed by atoms with Crippen molar-refractivity contribution in [1.29, 1.82) is 0 Å². The molecule has 2 rings (SSSR count). The molecule has 1 aliphatic heterocycles. The maximum atomic E-state index is 4.41. The molecule has 1 aliphatic rings. The minimum Gasteiger partial charge on any atom is -0.259 e. The smallest absolute Gasteiger partial charge is 0.130 e. The first-order valence-corrected chi connectivity index (χ1v) is 4.86. The Morgan fingerprint density at radius 3 is 1.85 bits per heavy atom. The molecule has 0 spiro atoms. The Hall–Kier alpha value is -1.18. The maximum Gasteiger partial charge on any atom is 0.130 e. The van der Waals surface area contributed by atoms with E-state index in [2.05, 4.69) is 36.0 Å². The third kappa shape index (κ3) is 1.26. The summed E-state index contributed by atoms with van der Waals surface area (Å²) in [4.78, 5) is 8.82. The molecule has 0 amide bonds. The summed E-state index contributed by atoms with van der Waals surface area (Å²) in [6.45, 7) is 4.95. The lowest BCUT2D eigenvalue weighted by molar-refractivity contribution is 1.04. The SMILES string of the molecule is CCc1ccc(CC)c2c1=NCN=2. The van der Waals surface area contributed by atoms with E-state index in [0.717, 1.165) is 23.6 Å². The van der Waals surface area contributed by atoms with Gasteiger partial charge in [-0.2, -0.15) is 0 Å². The van der Waals surface area contributed by atoms with Crippen molar-refractivity contribution in [2.24, 2.45) is 9.98 Å². The van der Waals surface area contributed by atoms with E-state index in [9.17, 15) is 0 Å². The van der Waals surface area contributed by atoms with Gasteiger partial charge in [-0.15, -0.1) is 0 Å². The first-order chi connectivity index (χ1) is 6.36. The fraction of sp³-hybridized carbons (Fsp3) is 0.455. The van der Waals surface area contributed by atoms with Gasteiger partial charge in [0.05, 0.1) is 10.7 Å². The van der Waals surface area contributed by atoms with E-state index in [1.165, 1.54) is 11.1 Å². The largest absolute Gasteiger partial charge is 0.259 e. The van der Waals surface area contributed by atoms with Crippen molar-refractivity contribution in [2.45, 2.75) is 26.7 Å². The van der Waals surface area contributed by atoms with E-state index in [4.69, 9.17) is 0 Å². The highest BCUT2D eigenvalue weighted by Gasteiger charge is 2.05. The molecule has 1 aromatic rings. The molecule has 0 aromatic heterocycles. The van der Waals surface area contributed by atoms with Gasteiger partial charge in [-0.3, -0.25) is 9.98 Å². The topological polar surface area (TPSA) is 24.7 Å². The minimum atomic E-state index is 0.624. The highest BCUT2D eigenvalue weighted by Crippen LogP contribution is 1.98. The number of hydrogen-bond acceptors (Lipinski definition) is 2. The quantitative estimate of drug-likeness (QED) is 0.639. The molecule has 0 unspecified atom stereocenters. The molecule has 0 N–H and O–H groups in total. The summed E-state index contributed by atoms with van der Waals surface area (Å²) >= 11 is 0. The van der Waals surface area contributed by atoms with E-state index in [1.807, 2.05) is 0 Å². The fourth-order valence-corrected chi connectivity index (χ4v) is 1.76. The van der Waals surface area contributed by atoms with Crippen molar-refractivity contribution in [3.63, 3.8) is 0 Å². The average Bonchev–Trinajstić information content (AvgIpc) is 2.64. The Kier molecular flexibility index (Phi) is 2.13. The summed E-state index contributed by atoms with van der Waals surface area (Å²) < 4.78 is 0. The number of hydrogen-bond donors (Lipinski definition) is 0. The molecule has 0 aliphatic carbocycles. The van der Waals surface area contributed by atoms with Crippen molar-refractivity contribution < 1.29 is 0 Å². The second-order valence-electron chi connectivity index (χ2n) is 3.25. The Bertz CT molecular complexity index is 391. The molecule has 13 heavy (non-hydrogen) atoms. The van der Waals surface area contributed by atoms with Crippen LogP contribution in [0.25, 0.3) is 0 Å². The number of fused-ring (bicyclic) bond motifs is 1. The van der Waals surface area contributed by atoms with Crippen LogP contribution in [0.4, 0.5) is 0 Å². The second-order valence-corrected chi connectivity index (χ2v) is 3.25. The molecule has 0 saturated heterocycles. The number of benzene rings is 1. The third-order valence-corrected chi connectivity index (χ3v) is 2.54. The van der Waals surface area contributed by atoms with Crippen LogP contribution in [0.15, 0.2) is 22.1 Å². The number of aryl methyl sites for hydroxylation is 2. The van der Waals surface area contributed by atoms with Gasteiger partial charge in [-0.1, -0.05) is 26.0 Å². The van der Waals surface area contributed by atoms with Crippen molar-refractivity contribution in [3.8, 4) is 0 Å². The van der Waals surface area contributed by atoms with E-state index in [0.29, 0.717) is 6.67 Å². The van der Waals surface area contributed by atoms with Crippen LogP contribution >= 0.6 is 0 Å². The van der Waals surface area contributed by atoms with Crippen molar-refractivity contribution in [3.05, 3.63) is 34.0 Å². The van der Waals surface area contributed by atoms with Crippen LogP contribution in [0.2, 0.25) is 0 Å². The highest BCUT2D eigenvalue weighted by atomic mass is 15.0. The van der Waals surface area contributed by atoms with E-state index in [-0.39, 0.29) is 0 Å². The van der Waals surface area contributed by atoms with E-state index in [1.54, 1.807) is 0 Å². The van der Waals surface area contributed by atoms with Crippen molar-refractivity contribution in [2.75, 3.05) is 6.67 Å². The minimum absolute atomic E-state index is 0.624. The molecule has 2 nitrogen and oxygen atoms in total. The van der Waals surface area contributed by atoms with Gasteiger partial charge in [-0.05, 0) is 24.0 Å². The fourth-order valence-electron chi connectivity index (χ4n) is 1.76. The summed E-state index contributed by atoms with van der Waals surface area (Å²) in [5.41, 5.74) is 2.65. The van der Waals surface area contributed by atoms with Gasteiger partial charge in [0, 0.05) is 0 Å². The summed E-state index contributed by atoms with van der Waals surface area (Å²) in [6, 6.07) is 4.37. The Labute approximate surface area is 78.0 Å². The third-order valence-electron chi connectivity index (χ3n) is 2.54. The summed E-state index contributed by atoms with van der Waals surface area (Å²) in [7, 11) is 0. The Morgan fingerprint density at radius 2 is 1.46 bits per heavy atom. The number of nitrogens with zero attached hydrogens (tertiary/aromatic N) is 2. The van der Waals surface area contributed by atoms with Gasteiger partial charge in [0.2, 0.25) is 0 Å². The number of rotatable bonds is 2. The Balaban J connectivity index is 2.75. The summed E-state index contributed by atoms with van der Waals surface area (Å²) in [5.74, 6) is 0. The van der Waals surface area contributed by atoms with Gasteiger partial charge in [0.25, 0.3) is 0 Å². The molecule has 1 heterocycles. The normalized spacial score (nSPS) is 13.4. The van der Waals surface area contributed by atoms with E-state index >= 15 is 0 Å². The maximum absolute atomic E-state index is 4.41. The predicted octanol–water partition coefficient (Wildman–Crippen LogP) is 1.02. The van der Waals surface area contributed by atoms with Crippen molar-refractivity contribution in [1.82, 2.24) is 0 Å². The summed E-state index contributed by atoms with van der Waals surface area (Å²) in [6.07, 6.45) is 2.09. The van der Waals surface area contributed by atoms with Crippen LogP contribution in [0.1, 0.15) is 25.0 Å². The van der Waals surface area contributed by atoms with Crippen LogP contribution in [-0.4, -0.2) is 6.67 Å². The van der Waals surface area contributed by atoms with Crippen LogP contribution in [0.5, 0.6) is 0 Å². The first-order valence-electron chi connectivity index (χ1n) is 4.86. The first kappa shape index (κ1) is 8.42. The van der Waals surface area contributed by atoms with Crippen LogP contribution in [0.3, 0.4) is 0 Å². The molecule has 0 fully saturated rings. The monoisotopic (exact) mass is 174 g/mol. The zero-order valence-electron chi connectivity index (χ0n) is 8.17. The molecular weight excluding hydrogens is 160 g/mol. The second kappa shape index (κ2) is 3.29. The molecule has 0 radical (unpaired) electrons.